The molecule has 1 aromatic rings. The van der Waals surface area contributed by atoms with E-state index in [0.29, 0.717) is 18.0 Å². The third-order valence-electron chi connectivity index (χ3n) is 2.29. The Morgan fingerprint density at radius 1 is 1.35 bits per heavy atom. The molecule has 94 valence electrons. The van der Waals surface area contributed by atoms with E-state index < -0.39 is 11.7 Å². The second-order valence-corrected chi connectivity index (χ2v) is 4.10. The Morgan fingerprint density at radius 3 is 2.82 bits per heavy atom. The Labute approximate surface area is 105 Å². The van der Waals surface area contributed by atoms with Crippen LogP contribution in [0.1, 0.15) is 29.6 Å². The number of benzene rings is 1. The number of carbonyl (C=O) groups is 1. The molecular formula is C12H15ClFNO2. The Kier molecular flexibility index (Phi) is 5.94. The van der Waals surface area contributed by atoms with Gasteiger partial charge in [0.05, 0.1) is 5.56 Å². The molecule has 0 aliphatic heterocycles. The molecule has 0 spiro atoms. The van der Waals surface area contributed by atoms with Gasteiger partial charge in [0.2, 0.25) is 0 Å². The van der Waals surface area contributed by atoms with Gasteiger partial charge in [-0.1, -0.05) is 11.6 Å². The second-order valence-electron chi connectivity index (χ2n) is 3.66. The highest BCUT2D eigenvalue weighted by Crippen LogP contribution is 2.14. The first-order chi connectivity index (χ1) is 8.15. The SMILES string of the molecule is O=C(NCCCCCO)c1cc(Cl)ccc1F. The van der Waals surface area contributed by atoms with Gasteiger partial charge in [0.25, 0.3) is 5.91 Å². The van der Waals surface area contributed by atoms with Crippen LogP contribution in [-0.4, -0.2) is 24.2 Å². The lowest BCUT2D eigenvalue weighted by Gasteiger charge is -2.06. The predicted octanol–water partition coefficient (Wildman–Crippen LogP) is 2.37. The second kappa shape index (κ2) is 7.25. The summed E-state index contributed by atoms with van der Waals surface area (Å²) >= 11 is 5.69. The van der Waals surface area contributed by atoms with Gasteiger partial charge in [-0.15, -0.1) is 0 Å². The molecule has 0 saturated heterocycles. The summed E-state index contributed by atoms with van der Waals surface area (Å²) in [5.41, 5.74) is -0.0420. The van der Waals surface area contributed by atoms with Crippen molar-refractivity contribution >= 4 is 17.5 Å². The zero-order chi connectivity index (χ0) is 12.7. The monoisotopic (exact) mass is 259 g/mol. The maximum absolute atomic E-state index is 13.3. The molecule has 0 radical (unpaired) electrons. The van der Waals surface area contributed by atoms with Crippen LogP contribution in [0.5, 0.6) is 0 Å². The molecule has 0 aliphatic carbocycles. The fourth-order valence-electron chi connectivity index (χ4n) is 1.38. The van der Waals surface area contributed by atoms with Gasteiger partial charge < -0.3 is 10.4 Å². The van der Waals surface area contributed by atoms with Crippen molar-refractivity contribution in [2.45, 2.75) is 19.3 Å². The number of hydrogen-bond acceptors (Lipinski definition) is 2. The summed E-state index contributed by atoms with van der Waals surface area (Å²) in [7, 11) is 0. The van der Waals surface area contributed by atoms with Gasteiger partial charge in [-0.05, 0) is 37.5 Å². The average molecular weight is 260 g/mol. The minimum Gasteiger partial charge on any atom is -0.396 e. The molecule has 0 bridgehead atoms. The van der Waals surface area contributed by atoms with E-state index >= 15 is 0 Å². The van der Waals surface area contributed by atoms with Crippen molar-refractivity contribution < 1.29 is 14.3 Å². The van der Waals surface area contributed by atoms with Crippen LogP contribution in [0.2, 0.25) is 5.02 Å². The molecule has 1 amide bonds. The number of rotatable bonds is 6. The van der Waals surface area contributed by atoms with Crippen molar-refractivity contribution in [1.29, 1.82) is 0 Å². The Balaban J connectivity index is 2.44. The van der Waals surface area contributed by atoms with E-state index in [0.717, 1.165) is 12.8 Å². The van der Waals surface area contributed by atoms with Crippen LogP contribution in [0.25, 0.3) is 0 Å². The largest absolute Gasteiger partial charge is 0.396 e. The zero-order valence-electron chi connectivity index (χ0n) is 9.38. The van der Waals surface area contributed by atoms with Crippen LogP contribution in [0.15, 0.2) is 18.2 Å². The number of aliphatic hydroxyl groups is 1. The third-order valence-corrected chi connectivity index (χ3v) is 2.53. The number of carbonyl (C=O) groups excluding carboxylic acids is 1. The van der Waals surface area contributed by atoms with Crippen molar-refractivity contribution in [2.24, 2.45) is 0 Å². The minimum absolute atomic E-state index is 0.0420. The summed E-state index contributed by atoms with van der Waals surface area (Å²) in [6, 6.07) is 3.87. The smallest absolute Gasteiger partial charge is 0.254 e. The van der Waals surface area contributed by atoms with Gasteiger partial charge in [-0.25, -0.2) is 4.39 Å². The fraction of sp³-hybridized carbons (Fsp3) is 0.417. The summed E-state index contributed by atoms with van der Waals surface area (Å²) in [6.07, 6.45) is 2.30. The summed E-state index contributed by atoms with van der Waals surface area (Å²) in [4.78, 5) is 11.6. The van der Waals surface area contributed by atoms with E-state index in [2.05, 4.69) is 5.32 Å². The molecule has 0 atom stereocenters. The molecule has 17 heavy (non-hydrogen) atoms. The number of aliphatic hydroxyl groups excluding tert-OH is 1. The maximum Gasteiger partial charge on any atom is 0.254 e. The van der Waals surface area contributed by atoms with Crippen LogP contribution >= 0.6 is 11.6 Å². The number of nitrogens with one attached hydrogen (secondary N) is 1. The standard InChI is InChI=1S/C12H15ClFNO2/c13-9-4-5-11(14)10(8-9)12(17)15-6-2-1-3-7-16/h4-5,8,16H,1-3,6-7H2,(H,15,17). The van der Waals surface area contributed by atoms with Crippen LogP contribution in [-0.2, 0) is 0 Å². The van der Waals surface area contributed by atoms with E-state index in [1.165, 1.54) is 18.2 Å². The highest BCUT2D eigenvalue weighted by Gasteiger charge is 2.11. The van der Waals surface area contributed by atoms with Gasteiger partial charge >= 0.3 is 0 Å². The Morgan fingerprint density at radius 2 is 2.12 bits per heavy atom. The first-order valence-corrected chi connectivity index (χ1v) is 5.87. The van der Waals surface area contributed by atoms with Crippen molar-refractivity contribution in [2.75, 3.05) is 13.2 Å². The molecule has 2 N–H and O–H groups in total. The highest BCUT2D eigenvalue weighted by atomic mass is 35.5. The average Bonchev–Trinajstić information content (AvgIpc) is 2.32. The third kappa shape index (κ3) is 4.71. The van der Waals surface area contributed by atoms with Crippen molar-refractivity contribution in [3.05, 3.63) is 34.6 Å². The molecule has 1 aromatic carbocycles. The van der Waals surface area contributed by atoms with E-state index in [1.807, 2.05) is 0 Å². The van der Waals surface area contributed by atoms with Crippen LogP contribution in [0, 0.1) is 5.82 Å². The molecule has 0 heterocycles. The van der Waals surface area contributed by atoms with Gasteiger partial charge in [0, 0.05) is 18.2 Å². The highest BCUT2D eigenvalue weighted by molar-refractivity contribution is 6.30. The number of hydrogen-bond donors (Lipinski definition) is 2. The quantitative estimate of drug-likeness (QED) is 0.771. The van der Waals surface area contributed by atoms with Crippen LogP contribution < -0.4 is 5.32 Å². The van der Waals surface area contributed by atoms with Crippen LogP contribution in [0.3, 0.4) is 0 Å². The molecule has 3 nitrogen and oxygen atoms in total. The van der Waals surface area contributed by atoms with E-state index in [4.69, 9.17) is 16.7 Å². The number of halogens is 2. The summed E-state index contributed by atoms with van der Waals surface area (Å²) < 4.78 is 13.3. The Bertz CT molecular complexity index is 385. The topological polar surface area (TPSA) is 49.3 Å². The maximum atomic E-state index is 13.3. The van der Waals surface area contributed by atoms with Crippen molar-refractivity contribution in [3.63, 3.8) is 0 Å². The normalized spacial score (nSPS) is 10.3. The first kappa shape index (κ1) is 13.9. The molecule has 0 unspecified atom stereocenters. The van der Waals surface area contributed by atoms with Gasteiger partial charge in [-0.3, -0.25) is 4.79 Å². The van der Waals surface area contributed by atoms with E-state index in [1.54, 1.807) is 0 Å². The molecule has 1 rings (SSSR count). The predicted molar refractivity (Wildman–Crippen MR) is 64.7 cm³/mol. The van der Waals surface area contributed by atoms with E-state index in [9.17, 15) is 9.18 Å². The molecule has 0 aliphatic rings. The van der Waals surface area contributed by atoms with Gasteiger partial charge in [0.15, 0.2) is 0 Å². The molecular weight excluding hydrogens is 245 g/mol. The lowest BCUT2D eigenvalue weighted by atomic mass is 10.2. The van der Waals surface area contributed by atoms with Gasteiger partial charge in [0.1, 0.15) is 5.82 Å². The minimum atomic E-state index is -0.581. The van der Waals surface area contributed by atoms with Gasteiger partial charge in [-0.2, -0.15) is 0 Å². The summed E-state index contributed by atoms with van der Waals surface area (Å²) in [5.74, 6) is -1.05. The fourth-order valence-corrected chi connectivity index (χ4v) is 1.55. The number of unbranched alkanes of at least 4 members (excludes halogenated alkanes) is 2. The summed E-state index contributed by atoms with van der Waals surface area (Å²) in [5, 5.41) is 11.5. The Hall–Kier alpha value is -1.13. The lowest BCUT2D eigenvalue weighted by Crippen LogP contribution is -2.25. The molecule has 0 aromatic heterocycles. The molecule has 5 heteroatoms. The number of amides is 1. The van der Waals surface area contributed by atoms with Crippen molar-refractivity contribution in [1.82, 2.24) is 5.32 Å². The zero-order valence-corrected chi connectivity index (χ0v) is 10.1. The van der Waals surface area contributed by atoms with Crippen LogP contribution in [0.4, 0.5) is 4.39 Å². The molecule has 0 fully saturated rings. The summed E-state index contributed by atoms with van der Waals surface area (Å²) in [6.45, 7) is 0.613. The van der Waals surface area contributed by atoms with E-state index in [-0.39, 0.29) is 12.2 Å². The lowest BCUT2D eigenvalue weighted by molar-refractivity contribution is 0.0949. The first-order valence-electron chi connectivity index (χ1n) is 5.49. The molecule has 0 saturated carbocycles. The van der Waals surface area contributed by atoms with Crippen molar-refractivity contribution in [3.8, 4) is 0 Å².